The van der Waals surface area contributed by atoms with Crippen molar-refractivity contribution in [2.45, 2.75) is 6.92 Å². The van der Waals surface area contributed by atoms with Gasteiger partial charge in [-0.3, -0.25) is 9.59 Å². The van der Waals surface area contributed by atoms with Crippen LogP contribution in [0.1, 0.15) is 17.3 Å². The van der Waals surface area contributed by atoms with E-state index in [4.69, 9.17) is 11.6 Å². The van der Waals surface area contributed by atoms with Crippen molar-refractivity contribution in [1.29, 1.82) is 0 Å². The Kier molecular flexibility index (Phi) is 5.19. The average Bonchev–Trinajstić information content (AvgIpc) is 3.08. The van der Waals surface area contributed by atoms with Gasteiger partial charge < -0.3 is 15.1 Å². The summed E-state index contributed by atoms with van der Waals surface area (Å²) in [5.41, 5.74) is 2.54. The van der Waals surface area contributed by atoms with Crippen LogP contribution in [0.15, 0.2) is 42.5 Å². The van der Waals surface area contributed by atoms with Crippen LogP contribution in [0.4, 0.5) is 10.8 Å². The zero-order chi connectivity index (χ0) is 19.7. The highest BCUT2D eigenvalue weighted by molar-refractivity contribution is 7.22. The Morgan fingerprint density at radius 3 is 2.46 bits per heavy atom. The predicted molar refractivity (Wildman–Crippen MR) is 113 cm³/mol. The number of carbonyl (C=O) groups excluding carboxylic acids is 2. The normalized spacial score (nSPS) is 14.4. The molecule has 2 aromatic carbocycles. The number of anilines is 2. The molecule has 2 heterocycles. The molecule has 4 rings (SSSR count). The highest BCUT2D eigenvalue weighted by Gasteiger charge is 2.23. The van der Waals surface area contributed by atoms with Gasteiger partial charge in [0.05, 0.1) is 10.2 Å². The number of rotatable bonds is 3. The van der Waals surface area contributed by atoms with Gasteiger partial charge in [0.1, 0.15) is 0 Å². The van der Waals surface area contributed by atoms with Crippen LogP contribution in [0.3, 0.4) is 0 Å². The third-order valence-electron chi connectivity index (χ3n) is 4.68. The minimum Gasteiger partial charge on any atom is -0.368 e. The van der Waals surface area contributed by atoms with E-state index in [2.05, 4.69) is 15.2 Å². The molecule has 2 amide bonds. The van der Waals surface area contributed by atoms with Crippen LogP contribution in [-0.2, 0) is 4.79 Å². The molecular formula is C20H19ClN4O2S. The molecule has 1 aromatic heterocycles. The van der Waals surface area contributed by atoms with E-state index in [1.165, 1.54) is 18.3 Å². The second-order valence-electron chi connectivity index (χ2n) is 6.64. The van der Waals surface area contributed by atoms with Gasteiger partial charge in [0.15, 0.2) is 5.13 Å². The molecule has 8 heteroatoms. The summed E-state index contributed by atoms with van der Waals surface area (Å²) in [6, 6.07) is 13.3. The summed E-state index contributed by atoms with van der Waals surface area (Å²) >= 11 is 7.33. The molecule has 0 saturated carbocycles. The fourth-order valence-electron chi connectivity index (χ4n) is 3.26. The topological polar surface area (TPSA) is 65.5 Å². The maximum absolute atomic E-state index is 12.9. The summed E-state index contributed by atoms with van der Waals surface area (Å²) in [7, 11) is 0. The van der Waals surface area contributed by atoms with E-state index in [9.17, 15) is 9.59 Å². The predicted octanol–water partition coefficient (Wildman–Crippen LogP) is 3.87. The van der Waals surface area contributed by atoms with Gasteiger partial charge in [-0.2, -0.15) is 0 Å². The summed E-state index contributed by atoms with van der Waals surface area (Å²) < 4.78 is 0.884. The molecule has 0 unspecified atom stereocenters. The number of benzene rings is 2. The number of hydrogen-bond acceptors (Lipinski definition) is 5. The molecule has 3 aromatic rings. The highest BCUT2D eigenvalue weighted by atomic mass is 35.5. The van der Waals surface area contributed by atoms with Gasteiger partial charge in [0.2, 0.25) is 5.91 Å². The second kappa shape index (κ2) is 7.77. The smallest absolute Gasteiger partial charge is 0.254 e. The van der Waals surface area contributed by atoms with Crippen molar-refractivity contribution in [3.05, 3.63) is 53.1 Å². The Bertz CT molecular complexity index is 1030. The van der Waals surface area contributed by atoms with E-state index in [1.54, 1.807) is 6.07 Å². The van der Waals surface area contributed by atoms with Crippen LogP contribution in [0.25, 0.3) is 10.2 Å². The van der Waals surface area contributed by atoms with E-state index in [-0.39, 0.29) is 11.8 Å². The van der Waals surface area contributed by atoms with Crippen molar-refractivity contribution in [2.24, 2.45) is 0 Å². The molecule has 0 bridgehead atoms. The average molecular weight is 415 g/mol. The lowest BCUT2D eigenvalue weighted by atomic mass is 10.1. The Morgan fingerprint density at radius 2 is 1.79 bits per heavy atom. The second-order valence-corrected chi connectivity index (χ2v) is 8.11. The van der Waals surface area contributed by atoms with E-state index in [0.29, 0.717) is 23.8 Å². The number of nitrogens with one attached hydrogen (secondary N) is 1. The first-order valence-electron chi connectivity index (χ1n) is 8.97. The number of carbonyl (C=O) groups is 2. The Morgan fingerprint density at radius 1 is 1.07 bits per heavy atom. The van der Waals surface area contributed by atoms with Crippen LogP contribution in [0.5, 0.6) is 0 Å². The minimum absolute atomic E-state index is 0.0205. The molecule has 0 radical (unpaired) electrons. The van der Waals surface area contributed by atoms with Crippen molar-refractivity contribution in [3.63, 3.8) is 0 Å². The van der Waals surface area contributed by atoms with E-state index in [1.807, 2.05) is 41.3 Å². The minimum atomic E-state index is -0.158. The fourth-order valence-corrected chi connectivity index (χ4v) is 4.34. The zero-order valence-electron chi connectivity index (χ0n) is 15.3. The molecule has 0 spiro atoms. The third-order valence-corrected chi connectivity index (χ3v) is 5.86. The Balaban J connectivity index is 1.44. The quantitative estimate of drug-likeness (QED) is 0.706. The first-order chi connectivity index (χ1) is 13.5. The van der Waals surface area contributed by atoms with Gasteiger partial charge in [0, 0.05) is 49.4 Å². The SMILES string of the molecule is CC(=O)Nc1nc2ccc(C(=O)N3CCN(c4ccc(Cl)cc4)CC3)cc2s1. The van der Waals surface area contributed by atoms with Gasteiger partial charge in [-0.05, 0) is 42.5 Å². The van der Waals surface area contributed by atoms with Crippen LogP contribution < -0.4 is 10.2 Å². The standard InChI is InChI=1S/C20H19ClN4O2S/c1-13(26)22-20-23-17-7-2-14(12-18(17)28-20)19(27)25-10-8-24(9-11-25)16-5-3-15(21)4-6-16/h2-7,12H,8-11H2,1H3,(H,22,23,26). The van der Waals surface area contributed by atoms with Crippen molar-refractivity contribution in [2.75, 3.05) is 36.4 Å². The first kappa shape index (κ1) is 18.7. The molecule has 144 valence electrons. The van der Waals surface area contributed by atoms with E-state index >= 15 is 0 Å². The molecule has 0 aliphatic carbocycles. The molecular weight excluding hydrogens is 396 g/mol. The Labute approximate surface area is 171 Å². The fraction of sp³-hybridized carbons (Fsp3) is 0.250. The number of thiazole rings is 1. The number of fused-ring (bicyclic) bond motifs is 1. The van der Waals surface area contributed by atoms with Gasteiger partial charge >= 0.3 is 0 Å². The maximum atomic E-state index is 12.9. The van der Waals surface area contributed by atoms with Gasteiger partial charge in [-0.1, -0.05) is 22.9 Å². The van der Waals surface area contributed by atoms with Crippen LogP contribution >= 0.6 is 22.9 Å². The summed E-state index contributed by atoms with van der Waals surface area (Å²) in [5.74, 6) is -0.138. The van der Waals surface area contributed by atoms with Gasteiger partial charge in [0.25, 0.3) is 5.91 Å². The van der Waals surface area contributed by atoms with Crippen LogP contribution in [0, 0.1) is 0 Å². The number of hydrogen-bond donors (Lipinski definition) is 1. The molecule has 1 N–H and O–H groups in total. The molecule has 1 saturated heterocycles. The highest BCUT2D eigenvalue weighted by Crippen LogP contribution is 2.27. The van der Waals surface area contributed by atoms with E-state index < -0.39 is 0 Å². The number of aromatic nitrogens is 1. The number of piperazine rings is 1. The van der Waals surface area contributed by atoms with Crippen LogP contribution in [0.2, 0.25) is 5.02 Å². The zero-order valence-corrected chi connectivity index (χ0v) is 16.9. The van der Waals surface area contributed by atoms with E-state index in [0.717, 1.165) is 34.0 Å². The lowest BCUT2D eigenvalue weighted by molar-refractivity contribution is -0.114. The molecule has 28 heavy (non-hydrogen) atoms. The van der Waals surface area contributed by atoms with Crippen molar-refractivity contribution >= 4 is 55.8 Å². The third kappa shape index (κ3) is 3.95. The lowest BCUT2D eigenvalue weighted by Gasteiger charge is -2.36. The first-order valence-corrected chi connectivity index (χ1v) is 10.2. The summed E-state index contributed by atoms with van der Waals surface area (Å²) in [6.45, 7) is 4.34. The lowest BCUT2D eigenvalue weighted by Crippen LogP contribution is -2.48. The van der Waals surface area contributed by atoms with Gasteiger partial charge in [-0.25, -0.2) is 4.98 Å². The van der Waals surface area contributed by atoms with Crippen molar-refractivity contribution in [3.8, 4) is 0 Å². The molecule has 1 fully saturated rings. The molecule has 0 atom stereocenters. The number of halogens is 1. The van der Waals surface area contributed by atoms with Crippen molar-refractivity contribution < 1.29 is 9.59 Å². The largest absolute Gasteiger partial charge is 0.368 e. The Hall–Kier alpha value is -2.64. The van der Waals surface area contributed by atoms with Crippen molar-refractivity contribution in [1.82, 2.24) is 9.88 Å². The maximum Gasteiger partial charge on any atom is 0.254 e. The summed E-state index contributed by atoms with van der Waals surface area (Å²) in [5, 5.41) is 3.95. The van der Waals surface area contributed by atoms with Crippen LogP contribution in [-0.4, -0.2) is 47.9 Å². The monoisotopic (exact) mass is 414 g/mol. The molecule has 6 nitrogen and oxygen atoms in total. The molecule has 1 aliphatic heterocycles. The molecule has 1 aliphatic rings. The summed E-state index contributed by atoms with van der Waals surface area (Å²) in [4.78, 5) is 32.6. The number of amides is 2. The number of nitrogens with zero attached hydrogens (tertiary/aromatic N) is 3. The van der Waals surface area contributed by atoms with Gasteiger partial charge in [-0.15, -0.1) is 0 Å². The summed E-state index contributed by atoms with van der Waals surface area (Å²) in [6.07, 6.45) is 0.